The van der Waals surface area contributed by atoms with Gasteiger partial charge in [-0.2, -0.15) is 0 Å². The molecule has 0 aliphatic rings. The molecular weight excluding hydrogens is 310 g/mol. The number of aryl methyl sites for hydroxylation is 1. The van der Waals surface area contributed by atoms with E-state index in [1.165, 1.54) is 0 Å². The predicted octanol–water partition coefficient (Wildman–Crippen LogP) is 5.85. The fourth-order valence-corrected chi connectivity index (χ4v) is 2.87. The monoisotopic (exact) mass is 329 g/mol. The molecule has 0 radical (unpaired) electrons. The average molecular weight is 329 g/mol. The van der Waals surface area contributed by atoms with E-state index in [1.54, 1.807) is 0 Å². The first-order chi connectivity index (χ1) is 12.3. The van der Waals surface area contributed by atoms with Crippen molar-refractivity contribution in [3.8, 4) is 17.2 Å². The molecule has 3 nitrogen and oxygen atoms in total. The summed E-state index contributed by atoms with van der Waals surface area (Å²) >= 11 is 0. The summed E-state index contributed by atoms with van der Waals surface area (Å²) in [5, 5.41) is 1.14. The summed E-state index contributed by atoms with van der Waals surface area (Å²) in [6, 6.07) is 24.1. The van der Waals surface area contributed by atoms with Crippen LogP contribution in [0, 0.1) is 6.92 Å². The lowest BCUT2D eigenvalue weighted by Gasteiger charge is -2.13. The second kappa shape index (κ2) is 6.73. The van der Waals surface area contributed by atoms with Gasteiger partial charge in [-0.25, -0.2) is 0 Å². The molecule has 0 atom stereocenters. The van der Waals surface area contributed by atoms with Gasteiger partial charge in [0, 0.05) is 11.6 Å². The minimum Gasteiger partial charge on any atom is -0.485 e. The molecule has 1 heterocycles. The maximum atomic E-state index is 6.19. The van der Waals surface area contributed by atoms with Gasteiger partial charge in [-0.05, 0) is 48.4 Å². The number of benzene rings is 3. The van der Waals surface area contributed by atoms with Gasteiger partial charge < -0.3 is 14.5 Å². The minimum absolute atomic E-state index is 0.507. The highest BCUT2D eigenvalue weighted by Crippen LogP contribution is 2.35. The number of nitrogens with one attached hydrogen (secondary N) is 1. The molecule has 124 valence electrons. The maximum Gasteiger partial charge on any atom is 0.169 e. The summed E-state index contributed by atoms with van der Waals surface area (Å²) in [6.07, 6.45) is 1.93. The molecular formula is C22H19NO2. The molecule has 4 aromatic rings. The number of hydrogen-bond acceptors (Lipinski definition) is 2. The van der Waals surface area contributed by atoms with E-state index in [1.807, 2.05) is 72.9 Å². The minimum atomic E-state index is 0.507. The van der Waals surface area contributed by atoms with Crippen molar-refractivity contribution in [2.45, 2.75) is 13.5 Å². The second-order valence-electron chi connectivity index (χ2n) is 6.03. The Morgan fingerprint density at radius 3 is 2.40 bits per heavy atom. The Morgan fingerprint density at radius 1 is 0.800 bits per heavy atom. The van der Waals surface area contributed by atoms with Gasteiger partial charge in [0.2, 0.25) is 0 Å². The first kappa shape index (κ1) is 15.3. The van der Waals surface area contributed by atoms with E-state index in [-0.39, 0.29) is 0 Å². The largest absolute Gasteiger partial charge is 0.485 e. The number of para-hydroxylation sites is 2. The van der Waals surface area contributed by atoms with Crippen molar-refractivity contribution < 1.29 is 9.47 Å². The lowest BCUT2D eigenvalue weighted by molar-refractivity contribution is 0.292. The fraction of sp³-hybridized carbons (Fsp3) is 0.0909. The summed E-state index contributed by atoms with van der Waals surface area (Å²) in [6.45, 7) is 2.57. The normalized spacial score (nSPS) is 10.8. The molecule has 0 fully saturated rings. The van der Waals surface area contributed by atoms with Crippen LogP contribution in [-0.2, 0) is 6.61 Å². The van der Waals surface area contributed by atoms with Crippen molar-refractivity contribution in [2.75, 3.05) is 0 Å². The van der Waals surface area contributed by atoms with Gasteiger partial charge >= 0.3 is 0 Å². The Labute approximate surface area is 146 Å². The van der Waals surface area contributed by atoms with Gasteiger partial charge in [-0.15, -0.1) is 0 Å². The molecule has 0 aliphatic heterocycles. The first-order valence-corrected chi connectivity index (χ1v) is 8.31. The van der Waals surface area contributed by atoms with Crippen molar-refractivity contribution in [1.29, 1.82) is 0 Å². The van der Waals surface area contributed by atoms with Gasteiger partial charge in [0.25, 0.3) is 0 Å². The average Bonchev–Trinajstić information content (AvgIpc) is 3.10. The molecule has 0 unspecified atom stereocenters. The van der Waals surface area contributed by atoms with E-state index in [0.29, 0.717) is 12.4 Å². The number of fused-ring (bicyclic) bond motifs is 1. The van der Waals surface area contributed by atoms with Crippen LogP contribution >= 0.6 is 0 Å². The van der Waals surface area contributed by atoms with Crippen molar-refractivity contribution >= 4 is 10.9 Å². The van der Waals surface area contributed by atoms with Gasteiger partial charge in [-0.1, -0.05) is 42.5 Å². The van der Waals surface area contributed by atoms with E-state index in [4.69, 9.17) is 9.47 Å². The Morgan fingerprint density at radius 2 is 1.56 bits per heavy atom. The summed E-state index contributed by atoms with van der Waals surface area (Å²) in [5.74, 6) is 2.24. The van der Waals surface area contributed by atoms with E-state index >= 15 is 0 Å². The first-order valence-electron chi connectivity index (χ1n) is 8.31. The quantitative estimate of drug-likeness (QED) is 0.498. The molecule has 0 saturated carbocycles. The van der Waals surface area contributed by atoms with Crippen molar-refractivity contribution in [3.05, 3.63) is 90.1 Å². The number of H-pyrrole nitrogens is 1. The number of rotatable bonds is 5. The van der Waals surface area contributed by atoms with Crippen LogP contribution in [0.15, 0.2) is 79.0 Å². The highest BCUT2D eigenvalue weighted by Gasteiger charge is 2.10. The van der Waals surface area contributed by atoms with Crippen molar-refractivity contribution in [3.63, 3.8) is 0 Å². The molecule has 0 amide bonds. The Kier molecular flexibility index (Phi) is 4.13. The zero-order valence-corrected chi connectivity index (χ0v) is 14.0. The molecule has 0 aliphatic carbocycles. The van der Waals surface area contributed by atoms with E-state index in [0.717, 1.165) is 33.5 Å². The highest BCUT2D eigenvalue weighted by atomic mass is 16.5. The van der Waals surface area contributed by atoms with Crippen LogP contribution in [-0.4, -0.2) is 4.98 Å². The van der Waals surface area contributed by atoms with Gasteiger partial charge in [0.1, 0.15) is 6.61 Å². The Balaban J connectivity index is 1.61. The van der Waals surface area contributed by atoms with Crippen LogP contribution in [0.1, 0.15) is 11.1 Å². The molecule has 0 spiro atoms. The third-order valence-corrected chi connectivity index (χ3v) is 4.07. The van der Waals surface area contributed by atoms with Gasteiger partial charge in [-0.3, -0.25) is 0 Å². The third-order valence-electron chi connectivity index (χ3n) is 4.07. The third kappa shape index (κ3) is 3.36. The highest BCUT2D eigenvalue weighted by molar-refractivity contribution is 5.86. The zero-order valence-electron chi connectivity index (χ0n) is 14.0. The number of aromatic nitrogens is 1. The van der Waals surface area contributed by atoms with E-state index in [9.17, 15) is 0 Å². The van der Waals surface area contributed by atoms with Crippen LogP contribution in [0.5, 0.6) is 17.2 Å². The topological polar surface area (TPSA) is 34.2 Å². The summed E-state index contributed by atoms with van der Waals surface area (Å²) in [4.78, 5) is 3.25. The number of hydrogen-bond donors (Lipinski definition) is 1. The van der Waals surface area contributed by atoms with Crippen LogP contribution in [0.25, 0.3) is 10.9 Å². The molecule has 1 aromatic heterocycles. The molecule has 4 rings (SSSR count). The molecule has 3 aromatic carbocycles. The molecule has 25 heavy (non-hydrogen) atoms. The standard InChI is InChI=1S/C22H19NO2/c1-16-13-18-11-12-23-22(18)21(14-16)25-20-10-6-5-9-19(20)24-15-17-7-3-2-4-8-17/h2-14,23H,15H2,1H3. The van der Waals surface area contributed by atoms with E-state index in [2.05, 4.69) is 18.0 Å². The van der Waals surface area contributed by atoms with Crippen LogP contribution in [0.4, 0.5) is 0 Å². The second-order valence-corrected chi connectivity index (χ2v) is 6.03. The molecule has 1 N–H and O–H groups in total. The van der Waals surface area contributed by atoms with E-state index < -0.39 is 0 Å². The van der Waals surface area contributed by atoms with Crippen molar-refractivity contribution in [1.82, 2.24) is 4.98 Å². The Bertz CT molecular complexity index is 989. The van der Waals surface area contributed by atoms with Crippen LogP contribution in [0.3, 0.4) is 0 Å². The number of aromatic amines is 1. The molecule has 0 saturated heterocycles. The van der Waals surface area contributed by atoms with Gasteiger partial charge in [0.05, 0.1) is 5.52 Å². The van der Waals surface area contributed by atoms with Crippen molar-refractivity contribution in [2.24, 2.45) is 0 Å². The number of ether oxygens (including phenoxy) is 2. The summed E-state index contributed by atoms with van der Waals surface area (Å²) in [7, 11) is 0. The smallest absolute Gasteiger partial charge is 0.169 e. The summed E-state index contributed by atoms with van der Waals surface area (Å²) < 4.78 is 12.2. The maximum absolute atomic E-state index is 6.19. The SMILES string of the molecule is Cc1cc(Oc2ccccc2OCc2ccccc2)c2[nH]ccc2c1. The molecule has 3 heteroatoms. The van der Waals surface area contributed by atoms with Gasteiger partial charge in [0.15, 0.2) is 17.2 Å². The fourth-order valence-electron chi connectivity index (χ4n) is 2.87. The lowest BCUT2D eigenvalue weighted by Crippen LogP contribution is -1.97. The summed E-state index contributed by atoms with van der Waals surface area (Å²) in [5.41, 5.74) is 3.27. The predicted molar refractivity (Wildman–Crippen MR) is 100 cm³/mol. The Hall–Kier alpha value is -3.20. The van der Waals surface area contributed by atoms with Crippen LogP contribution in [0.2, 0.25) is 0 Å². The zero-order chi connectivity index (χ0) is 17.1. The molecule has 0 bridgehead atoms. The lowest BCUT2D eigenvalue weighted by atomic mass is 10.1. The van der Waals surface area contributed by atoms with Crippen LogP contribution < -0.4 is 9.47 Å².